The predicted octanol–water partition coefficient (Wildman–Crippen LogP) is 4.15. The van der Waals surface area contributed by atoms with E-state index in [1.165, 1.54) is 44.2 Å². The Morgan fingerprint density at radius 3 is 2.25 bits per heavy atom. The van der Waals surface area contributed by atoms with Gasteiger partial charge < -0.3 is 5.32 Å². The molecule has 1 saturated carbocycles. The molecule has 0 radical (unpaired) electrons. The van der Waals surface area contributed by atoms with Gasteiger partial charge in [0.25, 0.3) is 0 Å². The van der Waals surface area contributed by atoms with Gasteiger partial charge in [0, 0.05) is 5.54 Å². The molecule has 0 saturated heterocycles. The number of allylic oxidation sites excluding steroid dienone is 1. The normalized spacial score (nSPS) is 26.8. The minimum absolute atomic E-state index is 0.255. The van der Waals surface area contributed by atoms with E-state index in [1.807, 2.05) is 0 Å². The van der Waals surface area contributed by atoms with Gasteiger partial charge in [0.05, 0.1) is 0 Å². The average Bonchev–Trinajstić information content (AvgIpc) is 2.14. The summed E-state index contributed by atoms with van der Waals surface area (Å²) in [5, 5.41) is 3.67. The van der Waals surface area contributed by atoms with Crippen LogP contribution in [0.2, 0.25) is 0 Å². The van der Waals surface area contributed by atoms with Crippen molar-refractivity contribution < 1.29 is 0 Å². The van der Waals surface area contributed by atoms with Crippen LogP contribution in [-0.4, -0.2) is 12.1 Å². The van der Waals surface area contributed by atoms with Gasteiger partial charge in [0.1, 0.15) is 0 Å². The molecule has 0 amide bonds. The summed E-state index contributed by atoms with van der Waals surface area (Å²) in [6, 6.07) is 0. The van der Waals surface area contributed by atoms with E-state index >= 15 is 0 Å². The molecule has 0 spiro atoms. The molecule has 0 aliphatic heterocycles. The van der Waals surface area contributed by atoms with Crippen LogP contribution in [0.3, 0.4) is 0 Å². The standard InChI is InChI=1S/C15H29N/c1-12(2)10-13-8-6-7-9-14(13)11-16-15(3,4)5/h13-14,16H,1,6-11H2,2-5H3. The third-order valence-electron chi connectivity index (χ3n) is 3.57. The fourth-order valence-corrected chi connectivity index (χ4v) is 2.71. The van der Waals surface area contributed by atoms with Crippen LogP contribution in [-0.2, 0) is 0 Å². The smallest absolute Gasteiger partial charge is 0.00966 e. The minimum atomic E-state index is 0.255. The molecule has 1 rings (SSSR count). The Morgan fingerprint density at radius 2 is 1.75 bits per heavy atom. The minimum Gasteiger partial charge on any atom is -0.312 e. The number of rotatable bonds is 4. The molecule has 1 nitrogen and oxygen atoms in total. The maximum Gasteiger partial charge on any atom is 0.00966 e. The molecule has 2 unspecified atom stereocenters. The van der Waals surface area contributed by atoms with Crippen molar-refractivity contribution in [3.63, 3.8) is 0 Å². The second kappa shape index (κ2) is 5.86. The van der Waals surface area contributed by atoms with E-state index in [-0.39, 0.29) is 5.54 Å². The Kier molecular flexibility index (Phi) is 5.04. The summed E-state index contributed by atoms with van der Waals surface area (Å²) in [4.78, 5) is 0. The summed E-state index contributed by atoms with van der Waals surface area (Å²) in [5.74, 6) is 1.74. The van der Waals surface area contributed by atoms with Gasteiger partial charge in [0.15, 0.2) is 0 Å². The Labute approximate surface area is 102 Å². The van der Waals surface area contributed by atoms with Crippen LogP contribution in [0.1, 0.15) is 59.8 Å². The van der Waals surface area contributed by atoms with E-state index in [2.05, 4.69) is 39.6 Å². The first kappa shape index (κ1) is 13.8. The highest BCUT2D eigenvalue weighted by atomic mass is 14.9. The van der Waals surface area contributed by atoms with E-state index in [0.717, 1.165) is 11.8 Å². The molecule has 0 aromatic heterocycles. The van der Waals surface area contributed by atoms with Gasteiger partial charge >= 0.3 is 0 Å². The molecular formula is C15H29N. The van der Waals surface area contributed by atoms with Crippen LogP contribution in [0.5, 0.6) is 0 Å². The fraction of sp³-hybridized carbons (Fsp3) is 0.867. The summed E-state index contributed by atoms with van der Waals surface area (Å²) < 4.78 is 0. The molecule has 2 atom stereocenters. The zero-order chi connectivity index (χ0) is 12.2. The van der Waals surface area contributed by atoms with Gasteiger partial charge in [-0.3, -0.25) is 0 Å². The molecule has 0 aromatic rings. The average molecular weight is 223 g/mol. The van der Waals surface area contributed by atoms with Gasteiger partial charge in [-0.05, 0) is 65.3 Å². The lowest BCUT2D eigenvalue weighted by molar-refractivity contribution is 0.213. The van der Waals surface area contributed by atoms with Crippen LogP contribution in [0.4, 0.5) is 0 Å². The van der Waals surface area contributed by atoms with Crippen molar-refractivity contribution in [2.24, 2.45) is 11.8 Å². The molecule has 0 heterocycles. The van der Waals surface area contributed by atoms with Crippen molar-refractivity contribution in [2.45, 2.75) is 65.3 Å². The fourth-order valence-electron chi connectivity index (χ4n) is 2.71. The molecule has 1 N–H and O–H groups in total. The first-order valence-electron chi connectivity index (χ1n) is 6.78. The Bertz CT molecular complexity index is 224. The SMILES string of the molecule is C=C(C)CC1CCCCC1CNC(C)(C)C. The zero-order valence-electron chi connectivity index (χ0n) is 11.6. The number of nitrogens with one attached hydrogen (secondary N) is 1. The summed E-state index contributed by atoms with van der Waals surface area (Å²) >= 11 is 0. The molecule has 94 valence electrons. The van der Waals surface area contributed by atoms with Crippen molar-refractivity contribution in [3.8, 4) is 0 Å². The van der Waals surface area contributed by atoms with Gasteiger partial charge in [-0.1, -0.05) is 18.4 Å². The number of hydrogen-bond acceptors (Lipinski definition) is 1. The highest BCUT2D eigenvalue weighted by Gasteiger charge is 2.25. The molecule has 1 aliphatic rings. The van der Waals surface area contributed by atoms with E-state index in [1.54, 1.807) is 0 Å². The lowest BCUT2D eigenvalue weighted by atomic mass is 9.76. The zero-order valence-corrected chi connectivity index (χ0v) is 11.6. The van der Waals surface area contributed by atoms with Gasteiger partial charge in [-0.15, -0.1) is 6.58 Å². The van der Waals surface area contributed by atoms with E-state index in [0.29, 0.717) is 0 Å². The highest BCUT2D eigenvalue weighted by Crippen LogP contribution is 2.33. The Balaban J connectivity index is 2.44. The van der Waals surface area contributed by atoms with Crippen LogP contribution < -0.4 is 5.32 Å². The molecule has 16 heavy (non-hydrogen) atoms. The second-order valence-corrected chi connectivity index (χ2v) is 6.60. The largest absolute Gasteiger partial charge is 0.312 e. The molecule has 1 heteroatoms. The predicted molar refractivity (Wildman–Crippen MR) is 72.6 cm³/mol. The molecule has 1 aliphatic carbocycles. The van der Waals surface area contributed by atoms with E-state index in [9.17, 15) is 0 Å². The van der Waals surface area contributed by atoms with Crippen LogP contribution in [0, 0.1) is 11.8 Å². The highest BCUT2D eigenvalue weighted by molar-refractivity contribution is 4.93. The van der Waals surface area contributed by atoms with E-state index in [4.69, 9.17) is 0 Å². The molecular weight excluding hydrogens is 194 g/mol. The van der Waals surface area contributed by atoms with Gasteiger partial charge in [0.2, 0.25) is 0 Å². The van der Waals surface area contributed by atoms with Crippen molar-refractivity contribution in [1.29, 1.82) is 0 Å². The third kappa shape index (κ3) is 5.16. The maximum atomic E-state index is 4.07. The first-order chi connectivity index (χ1) is 7.38. The lowest BCUT2D eigenvalue weighted by Crippen LogP contribution is -2.41. The second-order valence-electron chi connectivity index (χ2n) is 6.60. The van der Waals surface area contributed by atoms with Crippen LogP contribution >= 0.6 is 0 Å². The number of hydrogen-bond donors (Lipinski definition) is 1. The van der Waals surface area contributed by atoms with Crippen molar-refractivity contribution in [3.05, 3.63) is 12.2 Å². The topological polar surface area (TPSA) is 12.0 Å². The third-order valence-corrected chi connectivity index (χ3v) is 3.57. The van der Waals surface area contributed by atoms with Gasteiger partial charge in [-0.2, -0.15) is 0 Å². The quantitative estimate of drug-likeness (QED) is 0.706. The molecule has 1 fully saturated rings. The van der Waals surface area contributed by atoms with Crippen molar-refractivity contribution in [2.75, 3.05) is 6.54 Å². The summed E-state index contributed by atoms with van der Waals surface area (Å²) in [6.45, 7) is 14.2. The first-order valence-corrected chi connectivity index (χ1v) is 6.78. The van der Waals surface area contributed by atoms with E-state index < -0.39 is 0 Å². The van der Waals surface area contributed by atoms with Crippen LogP contribution in [0.15, 0.2) is 12.2 Å². The van der Waals surface area contributed by atoms with Crippen molar-refractivity contribution in [1.82, 2.24) is 5.32 Å². The molecule has 0 aromatic carbocycles. The summed E-state index contributed by atoms with van der Waals surface area (Å²) in [5.41, 5.74) is 1.61. The summed E-state index contributed by atoms with van der Waals surface area (Å²) in [7, 11) is 0. The Morgan fingerprint density at radius 1 is 1.19 bits per heavy atom. The monoisotopic (exact) mass is 223 g/mol. The molecule has 0 bridgehead atoms. The van der Waals surface area contributed by atoms with Crippen LogP contribution in [0.25, 0.3) is 0 Å². The van der Waals surface area contributed by atoms with Crippen molar-refractivity contribution >= 4 is 0 Å². The lowest BCUT2D eigenvalue weighted by Gasteiger charge is -2.34. The van der Waals surface area contributed by atoms with Gasteiger partial charge in [-0.25, -0.2) is 0 Å². The maximum absolute atomic E-state index is 4.07. The summed E-state index contributed by atoms with van der Waals surface area (Å²) in [6.07, 6.45) is 6.88. The Hall–Kier alpha value is -0.300.